The molecule has 0 aliphatic carbocycles. The maximum Gasteiger partial charge on any atom is 0.229 e. The lowest BCUT2D eigenvalue weighted by atomic mass is 9.84. The monoisotopic (exact) mass is 436 g/mol. The van der Waals surface area contributed by atoms with Gasteiger partial charge in [0.2, 0.25) is 5.91 Å². The number of piperidine rings is 1. The summed E-state index contributed by atoms with van der Waals surface area (Å²) >= 11 is 0. The van der Waals surface area contributed by atoms with Crippen molar-refractivity contribution in [2.24, 2.45) is 11.8 Å². The fraction of sp³-hybridized carbons (Fsp3) is 0.464. The second-order valence-electron chi connectivity index (χ2n) is 9.60. The highest BCUT2D eigenvalue weighted by atomic mass is 19.1. The summed E-state index contributed by atoms with van der Waals surface area (Å²) in [7, 11) is 4.19. The van der Waals surface area contributed by atoms with E-state index in [1.807, 2.05) is 24.0 Å². The van der Waals surface area contributed by atoms with Crippen LogP contribution in [0.25, 0.3) is 6.08 Å². The van der Waals surface area contributed by atoms with Crippen LogP contribution < -0.4 is 4.90 Å². The highest BCUT2D eigenvalue weighted by Crippen LogP contribution is 2.34. The number of anilines is 1. The minimum atomic E-state index is -0.155. The van der Waals surface area contributed by atoms with E-state index in [9.17, 15) is 9.18 Å². The van der Waals surface area contributed by atoms with Crippen molar-refractivity contribution in [3.8, 4) is 0 Å². The second kappa shape index (κ2) is 10.9. The largest absolute Gasteiger partial charge is 0.311 e. The van der Waals surface area contributed by atoms with Crippen molar-refractivity contribution in [1.29, 1.82) is 0 Å². The molecule has 1 saturated heterocycles. The number of carbonyl (C=O) groups excluding carboxylic acids is 1. The number of halogens is 1. The van der Waals surface area contributed by atoms with E-state index >= 15 is 0 Å². The first-order valence-electron chi connectivity index (χ1n) is 11.7. The zero-order valence-electron chi connectivity index (χ0n) is 20.2. The molecule has 3 nitrogen and oxygen atoms in total. The molecule has 2 aromatic rings. The van der Waals surface area contributed by atoms with Gasteiger partial charge in [0.1, 0.15) is 5.82 Å². The summed E-state index contributed by atoms with van der Waals surface area (Å²) in [5.74, 6) is 0.205. The fourth-order valence-electron chi connectivity index (χ4n) is 4.87. The molecule has 4 heteroatoms. The van der Waals surface area contributed by atoms with Crippen molar-refractivity contribution in [2.75, 3.05) is 32.1 Å². The number of aryl methyl sites for hydroxylation is 2. The molecule has 0 saturated carbocycles. The molecule has 1 heterocycles. The first-order valence-corrected chi connectivity index (χ1v) is 11.7. The number of unbranched alkanes of at least 4 members (excludes halogenated alkanes) is 1. The Labute approximate surface area is 192 Å². The van der Waals surface area contributed by atoms with E-state index in [2.05, 4.69) is 57.1 Å². The standard InChI is InChI=1S/C28H37FN2O/c1-20-15-23(11-7-6-10-14-30(4)5)16-21(2)27(20)31-19-24(17-22(3)28(31)32)18-25-12-8-9-13-26(25)29/h7-9,11-13,15-16,22,24H,6,10,14,17-19H2,1-5H3/b11-7+/t22-,24-/m1/s1. The number of allylic oxidation sites excluding steroid dienone is 1. The van der Waals surface area contributed by atoms with Crippen LogP contribution in [0.2, 0.25) is 0 Å². The van der Waals surface area contributed by atoms with Crippen LogP contribution >= 0.6 is 0 Å². The molecule has 2 aromatic carbocycles. The van der Waals surface area contributed by atoms with Crippen LogP contribution in [0.15, 0.2) is 42.5 Å². The molecule has 172 valence electrons. The van der Waals surface area contributed by atoms with Gasteiger partial charge in [-0.2, -0.15) is 0 Å². The first kappa shape index (κ1) is 24.2. The smallest absolute Gasteiger partial charge is 0.229 e. The Hall–Kier alpha value is -2.46. The van der Waals surface area contributed by atoms with Crippen molar-refractivity contribution in [3.63, 3.8) is 0 Å². The van der Waals surface area contributed by atoms with Gasteiger partial charge in [-0.15, -0.1) is 0 Å². The quantitative estimate of drug-likeness (QED) is 0.472. The summed E-state index contributed by atoms with van der Waals surface area (Å²) < 4.78 is 14.2. The van der Waals surface area contributed by atoms with Gasteiger partial charge in [-0.3, -0.25) is 4.79 Å². The molecule has 32 heavy (non-hydrogen) atoms. The first-order chi connectivity index (χ1) is 15.3. The molecule has 0 bridgehead atoms. The molecule has 3 rings (SSSR count). The maximum atomic E-state index is 14.2. The van der Waals surface area contributed by atoms with Crippen LogP contribution in [0.3, 0.4) is 0 Å². The van der Waals surface area contributed by atoms with Crippen molar-refractivity contribution in [2.45, 2.75) is 46.5 Å². The Morgan fingerprint density at radius 1 is 1.16 bits per heavy atom. The summed E-state index contributed by atoms with van der Waals surface area (Å²) in [5, 5.41) is 0. The summed E-state index contributed by atoms with van der Waals surface area (Å²) in [6, 6.07) is 11.3. The molecule has 0 unspecified atom stereocenters. The molecule has 0 radical (unpaired) electrons. The second-order valence-corrected chi connectivity index (χ2v) is 9.60. The average molecular weight is 437 g/mol. The van der Waals surface area contributed by atoms with Gasteiger partial charge in [-0.25, -0.2) is 4.39 Å². The van der Waals surface area contributed by atoms with Crippen LogP contribution in [-0.2, 0) is 11.2 Å². The third kappa shape index (κ3) is 6.07. The molecule has 0 N–H and O–H groups in total. The molecule has 1 aliphatic heterocycles. The highest BCUT2D eigenvalue weighted by molar-refractivity contribution is 5.97. The molecule has 1 fully saturated rings. The lowest BCUT2D eigenvalue weighted by Gasteiger charge is -2.38. The lowest BCUT2D eigenvalue weighted by Crippen LogP contribution is -2.46. The summed E-state index contributed by atoms with van der Waals surface area (Å²) in [6.07, 6.45) is 8.07. The SMILES string of the molecule is Cc1cc(/C=C/CCCN(C)C)cc(C)c1N1C[C@@H](Cc2ccccc2F)C[C@@H](C)C1=O. The molecule has 0 aromatic heterocycles. The number of hydrogen-bond donors (Lipinski definition) is 0. The zero-order valence-corrected chi connectivity index (χ0v) is 20.2. The van der Waals surface area contributed by atoms with Crippen LogP contribution in [0.1, 0.15) is 48.4 Å². The van der Waals surface area contributed by atoms with E-state index in [-0.39, 0.29) is 23.6 Å². The van der Waals surface area contributed by atoms with Crippen LogP contribution in [0.5, 0.6) is 0 Å². The average Bonchev–Trinajstić information content (AvgIpc) is 2.72. The summed E-state index contributed by atoms with van der Waals surface area (Å²) in [4.78, 5) is 17.3. The topological polar surface area (TPSA) is 23.6 Å². The Morgan fingerprint density at radius 2 is 1.84 bits per heavy atom. The van der Waals surface area contributed by atoms with E-state index in [1.54, 1.807) is 6.07 Å². The summed E-state index contributed by atoms with van der Waals surface area (Å²) in [6.45, 7) is 7.90. The number of benzene rings is 2. The number of hydrogen-bond acceptors (Lipinski definition) is 2. The van der Waals surface area contributed by atoms with Gasteiger partial charge in [0.25, 0.3) is 0 Å². The Bertz CT molecular complexity index is 943. The van der Waals surface area contributed by atoms with Gasteiger partial charge in [0, 0.05) is 18.2 Å². The molecule has 1 aliphatic rings. The van der Waals surface area contributed by atoms with Crippen molar-refractivity contribution in [3.05, 3.63) is 70.5 Å². The van der Waals surface area contributed by atoms with Crippen molar-refractivity contribution < 1.29 is 9.18 Å². The predicted octanol–water partition coefficient (Wildman–Crippen LogP) is 6.03. The molecule has 1 amide bonds. The predicted molar refractivity (Wildman–Crippen MR) is 132 cm³/mol. The maximum absolute atomic E-state index is 14.2. The number of amides is 1. The van der Waals surface area contributed by atoms with Crippen LogP contribution in [0.4, 0.5) is 10.1 Å². The van der Waals surface area contributed by atoms with Gasteiger partial charge in [0.05, 0.1) is 0 Å². The van der Waals surface area contributed by atoms with Crippen LogP contribution in [-0.4, -0.2) is 38.0 Å². The third-order valence-electron chi connectivity index (χ3n) is 6.35. The van der Waals surface area contributed by atoms with E-state index in [0.29, 0.717) is 13.0 Å². The molecular weight excluding hydrogens is 399 g/mol. The fourth-order valence-corrected chi connectivity index (χ4v) is 4.87. The molecule has 2 atom stereocenters. The van der Waals surface area contributed by atoms with Gasteiger partial charge in [-0.1, -0.05) is 37.3 Å². The molecular formula is C28H37FN2O. The van der Waals surface area contributed by atoms with Gasteiger partial charge in [-0.05, 0) is 107 Å². The van der Waals surface area contributed by atoms with Gasteiger partial charge >= 0.3 is 0 Å². The van der Waals surface area contributed by atoms with Crippen molar-refractivity contribution >= 4 is 17.7 Å². The normalized spacial score (nSPS) is 19.3. The Kier molecular flexibility index (Phi) is 8.25. The van der Waals surface area contributed by atoms with Crippen molar-refractivity contribution in [1.82, 2.24) is 4.90 Å². The highest BCUT2D eigenvalue weighted by Gasteiger charge is 2.34. The number of nitrogens with zero attached hydrogens (tertiary/aromatic N) is 2. The third-order valence-corrected chi connectivity index (χ3v) is 6.35. The number of carbonyl (C=O) groups is 1. The van der Waals surface area contributed by atoms with E-state index < -0.39 is 0 Å². The lowest BCUT2D eigenvalue weighted by molar-refractivity contribution is -0.124. The summed E-state index contributed by atoms with van der Waals surface area (Å²) in [5.41, 5.74) is 5.16. The Balaban J connectivity index is 1.76. The molecule has 0 spiro atoms. The van der Waals surface area contributed by atoms with E-state index in [1.165, 1.54) is 11.6 Å². The minimum absolute atomic E-state index is 0.0596. The van der Waals surface area contributed by atoms with Gasteiger partial charge < -0.3 is 9.80 Å². The zero-order chi connectivity index (χ0) is 23.3. The minimum Gasteiger partial charge on any atom is -0.311 e. The van der Waals surface area contributed by atoms with E-state index in [0.717, 1.165) is 48.2 Å². The number of rotatable bonds is 8. The van der Waals surface area contributed by atoms with E-state index in [4.69, 9.17) is 0 Å². The van der Waals surface area contributed by atoms with Crippen LogP contribution in [0, 0.1) is 31.5 Å². The van der Waals surface area contributed by atoms with Gasteiger partial charge in [0.15, 0.2) is 0 Å². The Morgan fingerprint density at radius 3 is 2.50 bits per heavy atom.